The summed E-state index contributed by atoms with van der Waals surface area (Å²) in [5.41, 5.74) is 1.47. The molecule has 0 spiro atoms. The molecule has 0 bridgehead atoms. The molecular weight excluding hydrogens is 397 g/mol. The third-order valence-electron chi connectivity index (χ3n) is 3.43. The summed E-state index contributed by atoms with van der Waals surface area (Å²) in [6.07, 6.45) is 2.69. The Kier molecular flexibility index (Phi) is 7.51. The molecule has 4 nitrogen and oxygen atoms in total. The van der Waals surface area contributed by atoms with Gasteiger partial charge in [-0.05, 0) is 48.4 Å². The van der Waals surface area contributed by atoms with Crippen LogP contribution in [0.25, 0.3) is 6.08 Å². The van der Waals surface area contributed by atoms with Gasteiger partial charge >= 0.3 is 5.97 Å². The highest BCUT2D eigenvalue weighted by molar-refractivity contribution is 6.35. The van der Waals surface area contributed by atoms with Gasteiger partial charge in [0.15, 0.2) is 6.61 Å². The van der Waals surface area contributed by atoms with E-state index in [1.54, 1.807) is 36.4 Å². The molecule has 2 aromatic rings. The Morgan fingerprint density at radius 1 is 1.12 bits per heavy atom. The number of nitrogens with one attached hydrogen (secondary N) is 1. The van der Waals surface area contributed by atoms with Crippen molar-refractivity contribution in [3.63, 3.8) is 0 Å². The van der Waals surface area contributed by atoms with Gasteiger partial charge in [0.05, 0.1) is 6.04 Å². The molecule has 1 N–H and O–H groups in total. The average Bonchev–Trinajstić information content (AvgIpc) is 2.59. The fraction of sp³-hybridized carbons (Fsp3) is 0.158. The van der Waals surface area contributed by atoms with E-state index in [-0.39, 0.29) is 12.6 Å². The van der Waals surface area contributed by atoms with E-state index in [9.17, 15) is 9.59 Å². The van der Waals surface area contributed by atoms with Crippen molar-refractivity contribution in [3.05, 3.63) is 74.7 Å². The van der Waals surface area contributed by atoms with Crippen molar-refractivity contribution in [3.8, 4) is 0 Å². The Balaban J connectivity index is 1.83. The normalized spacial score (nSPS) is 12.0. The summed E-state index contributed by atoms with van der Waals surface area (Å²) in [4.78, 5) is 23.6. The van der Waals surface area contributed by atoms with Crippen molar-refractivity contribution in [2.75, 3.05) is 6.61 Å². The van der Waals surface area contributed by atoms with Crippen LogP contribution >= 0.6 is 34.8 Å². The molecule has 0 saturated carbocycles. The van der Waals surface area contributed by atoms with Gasteiger partial charge in [-0.2, -0.15) is 0 Å². The number of carbonyl (C=O) groups is 2. The zero-order valence-electron chi connectivity index (χ0n) is 13.8. The molecule has 0 aromatic heterocycles. The third kappa shape index (κ3) is 6.37. The second kappa shape index (κ2) is 9.62. The largest absolute Gasteiger partial charge is 0.452 e. The summed E-state index contributed by atoms with van der Waals surface area (Å²) < 4.78 is 4.92. The summed E-state index contributed by atoms with van der Waals surface area (Å²) >= 11 is 17.7. The van der Waals surface area contributed by atoms with Crippen molar-refractivity contribution in [1.82, 2.24) is 5.32 Å². The highest BCUT2D eigenvalue weighted by Gasteiger charge is 2.11. The molecule has 2 rings (SSSR count). The number of amides is 1. The van der Waals surface area contributed by atoms with E-state index in [0.29, 0.717) is 20.6 Å². The van der Waals surface area contributed by atoms with E-state index in [2.05, 4.69) is 5.32 Å². The average molecular weight is 413 g/mol. The molecule has 1 amide bonds. The fourth-order valence-electron chi connectivity index (χ4n) is 2.12. The van der Waals surface area contributed by atoms with Gasteiger partial charge in [0.25, 0.3) is 5.91 Å². The fourth-order valence-corrected chi connectivity index (χ4v) is 2.79. The van der Waals surface area contributed by atoms with Crippen LogP contribution in [-0.2, 0) is 14.3 Å². The first kappa shape index (κ1) is 20.3. The van der Waals surface area contributed by atoms with Gasteiger partial charge in [-0.15, -0.1) is 0 Å². The standard InChI is InChI=1S/C19H16Cl3NO3/c1-12(14-3-2-4-15(20)9-14)23-18(24)11-26-19(25)8-6-13-5-7-16(21)10-17(13)22/h2-10,12H,11H2,1H3,(H,23,24)/b8-6+/t12-/m1/s1. The lowest BCUT2D eigenvalue weighted by Crippen LogP contribution is -2.30. The number of hydrogen-bond donors (Lipinski definition) is 1. The topological polar surface area (TPSA) is 55.4 Å². The number of hydrogen-bond acceptors (Lipinski definition) is 3. The zero-order valence-corrected chi connectivity index (χ0v) is 16.1. The summed E-state index contributed by atoms with van der Waals surface area (Å²) in [6, 6.07) is 11.8. The highest BCUT2D eigenvalue weighted by atomic mass is 35.5. The number of ether oxygens (including phenoxy) is 1. The maximum absolute atomic E-state index is 11.9. The molecule has 0 fully saturated rings. The molecule has 136 valence electrons. The van der Waals surface area contributed by atoms with Crippen molar-refractivity contribution < 1.29 is 14.3 Å². The van der Waals surface area contributed by atoms with E-state index >= 15 is 0 Å². The minimum absolute atomic E-state index is 0.261. The number of halogens is 3. The van der Waals surface area contributed by atoms with Gasteiger partial charge in [0.2, 0.25) is 0 Å². The van der Waals surface area contributed by atoms with Crippen LogP contribution in [0.4, 0.5) is 0 Å². The van der Waals surface area contributed by atoms with E-state index < -0.39 is 11.9 Å². The quantitative estimate of drug-likeness (QED) is 0.531. The van der Waals surface area contributed by atoms with Gasteiger partial charge in [0, 0.05) is 21.1 Å². The smallest absolute Gasteiger partial charge is 0.331 e. The summed E-state index contributed by atoms with van der Waals surface area (Å²) in [6.45, 7) is 1.43. The number of carbonyl (C=O) groups excluding carboxylic acids is 2. The lowest BCUT2D eigenvalue weighted by Gasteiger charge is -2.14. The molecule has 26 heavy (non-hydrogen) atoms. The molecular formula is C19H16Cl3NO3. The molecule has 2 aromatic carbocycles. The minimum Gasteiger partial charge on any atom is -0.452 e. The predicted octanol–water partition coefficient (Wildman–Crippen LogP) is 5.08. The van der Waals surface area contributed by atoms with E-state index in [0.717, 1.165) is 5.56 Å². The summed E-state index contributed by atoms with van der Waals surface area (Å²) in [7, 11) is 0. The first-order chi connectivity index (χ1) is 12.3. The molecule has 0 aliphatic heterocycles. The maximum atomic E-state index is 11.9. The Bertz CT molecular complexity index is 837. The van der Waals surface area contributed by atoms with Gasteiger partial charge in [-0.25, -0.2) is 4.79 Å². The van der Waals surface area contributed by atoms with Crippen molar-refractivity contribution >= 4 is 52.8 Å². The highest BCUT2D eigenvalue weighted by Crippen LogP contribution is 2.22. The monoisotopic (exact) mass is 411 g/mol. The van der Waals surface area contributed by atoms with Gasteiger partial charge in [-0.3, -0.25) is 4.79 Å². The van der Waals surface area contributed by atoms with Crippen molar-refractivity contribution in [2.45, 2.75) is 13.0 Å². The van der Waals surface area contributed by atoms with Crippen LogP contribution < -0.4 is 5.32 Å². The van der Waals surface area contributed by atoms with Crippen LogP contribution in [0.2, 0.25) is 15.1 Å². The van der Waals surface area contributed by atoms with Crippen LogP contribution in [0.15, 0.2) is 48.5 Å². The van der Waals surface area contributed by atoms with Crippen LogP contribution in [0.5, 0.6) is 0 Å². The predicted molar refractivity (Wildman–Crippen MR) is 104 cm³/mol. The zero-order chi connectivity index (χ0) is 19.1. The number of esters is 1. The molecule has 0 heterocycles. The summed E-state index contributed by atoms with van der Waals surface area (Å²) in [5.74, 6) is -1.06. The third-order valence-corrected chi connectivity index (χ3v) is 4.23. The number of benzene rings is 2. The van der Waals surface area contributed by atoms with Gasteiger partial charge in [0.1, 0.15) is 0 Å². The Hall–Kier alpha value is -2.01. The SMILES string of the molecule is C[C@@H](NC(=O)COC(=O)/C=C/c1ccc(Cl)cc1Cl)c1cccc(Cl)c1. The second-order valence-electron chi connectivity index (χ2n) is 5.45. The first-order valence-electron chi connectivity index (χ1n) is 7.70. The summed E-state index contributed by atoms with van der Waals surface area (Å²) in [5, 5.41) is 4.23. The first-order valence-corrected chi connectivity index (χ1v) is 8.83. The van der Waals surface area contributed by atoms with Gasteiger partial charge < -0.3 is 10.1 Å². The molecule has 0 aliphatic rings. The molecule has 0 aliphatic carbocycles. The van der Waals surface area contributed by atoms with Gasteiger partial charge in [-0.1, -0.05) is 53.0 Å². The van der Waals surface area contributed by atoms with E-state index in [1.165, 1.54) is 12.2 Å². The molecule has 0 radical (unpaired) electrons. The Labute approximate surface area is 166 Å². The second-order valence-corrected chi connectivity index (χ2v) is 6.73. The Morgan fingerprint density at radius 2 is 1.85 bits per heavy atom. The molecule has 0 saturated heterocycles. The molecule has 1 atom stereocenters. The molecule has 7 heteroatoms. The lowest BCUT2D eigenvalue weighted by molar-refractivity contribution is -0.144. The van der Waals surface area contributed by atoms with Crippen LogP contribution in [0, 0.1) is 0 Å². The molecule has 0 unspecified atom stereocenters. The van der Waals surface area contributed by atoms with Crippen LogP contribution in [0.1, 0.15) is 24.1 Å². The van der Waals surface area contributed by atoms with E-state index in [1.807, 2.05) is 13.0 Å². The minimum atomic E-state index is -0.651. The lowest BCUT2D eigenvalue weighted by atomic mass is 10.1. The Morgan fingerprint density at radius 3 is 2.54 bits per heavy atom. The van der Waals surface area contributed by atoms with Crippen LogP contribution in [-0.4, -0.2) is 18.5 Å². The maximum Gasteiger partial charge on any atom is 0.331 e. The van der Waals surface area contributed by atoms with Crippen molar-refractivity contribution in [1.29, 1.82) is 0 Å². The van der Waals surface area contributed by atoms with E-state index in [4.69, 9.17) is 39.5 Å². The number of rotatable bonds is 6. The van der Waals surface area contributed by atoms with Crippen molar-refractivity contribution in [2.24, 2.45) is 0 Å². The van der Waals surface area contributed by atoms with Crippen LogP contribution in [0.3, 0.4) is 0 Å².